The van der Waals surface area contributed by atoms with Gasteiger partial charge in [0.05, 0.1) is 13.2 Å². The summed E-state index contributed by atoms with van der Waals surface area (Å²) >= 11 is 0. The predicted octanol–water partition coefficient (Wildman–Crippen LogP) is -0.879. The van der Waals surface area contributed by atoms with E-state index in [-0.39, 0.29) is 0 Å². The molecule has 2 fully saturated rings. The Morgan fingerprint density at radius 1 is 0.629 bits per heavy atom. The van der Waals surface area contributed by atoms with Crippen molar-refractivity contribution in [1.82, 2.24) is 5.32 Å². The van der Waals surface area contributed by atoms with Crippen LogP contribution in [0, 0.1) is 0 Å². The quantitative estimate of drug-likeness (QED) is 0.121. The molecule has 2 aliphatic rings. The van der Waals surface area contributed by atoms with Crippen LogP contribution < -0.4 is 5.32 Å². The topological polar surface area (TPSA) is 181 Å². The smallest absolute Gasteiger partial charge is 0.187 e. The summed E-state index contributed by atoms with van der Waals surface area (Å²) in [7, 11) is 0. The molecule has 35 heavy (non-hydrogen) atoms. The molecule has 0 bridgehead atoms. The minimum atomic E-state index is -1.68. The molecule has 8 N–H and O–H groups in total. The number of hydrogen-bond acceptors (Lipinski definition) is 11. The second-order valence-electron chi connectivity index (χ2n) is 9.69. The lowest BCUT2D eigenvalue weighted by atomic mass is 9.96. The Bertz CT molecular complexity index is 554. The van der Waals surface area contributed by atoms with Crippen LogP contribution in [-0.2, 0) is 14.2 Å². The maximum atomic E-state index is 10.6. The van der Waals surface area contributed by atoms with E-state index in [1.165, 1.54) is 44.9 Å². The van der Waals surface area contributed by atoms with Crippen LogP contribution in [-0.4, -0.2) is 117 Å². The van der Waals surface area contributed by atoms with Crippen LogP contribution in [0.2, 0.25) is 0 Å². The highest BCUT2D eigenvalue weighted by Crippen LogP contribution is 2.28. The molecule has 1 unspecified atom stereocenters. The Labute approximate surface area is 208 Å². The highest BCUT2D eigenvalue weighted by molar-refractivity contribution is 4.95. The van der Waals surface area contributed by atoms with Crippen molar-refractivity contribution in [2.75, 3.05) is 19.8 Å². The van der Waals surface area contributed by atoms with Gasteiger partial charge in [-0.2, -0.15) is 0 Å². The van der Waals surface area contributed by atoms with Gasteiger partial charge in [-0.3, -0.25) is 5.32 Å². The van der Waals surface area contributed by atoms with E-state index in [9.17, 15) is 35.7 Å². The number of aliphatic hydroxyl groups excluding tert-OH is 7. The summed E-state index contributed by atoms with van der Waals surface area (Å²) in [6.07, 6.45) is -1.71. The molecule has 0 aromatic carbocycles. The van der Waals surface area contributed by atoms with Crippen molar-refractivity contribution in [2.24, 2.45) is 0 Å². The van der Waals surface area contributed by atoms with Gasteiger partial charge in [0.15, 0.2) is 6.29 Å². The van der Waals surface area contributed by atoms with Crippen molar-refractivity contribution in [1.29, 1.82) is 0 Å². The van der Waals surface area contributed by atoms with Crippen LogP contribution in [0.3, 0.4) is 0 Å². The number of nitrogens with one attached hydrogen (secondary N) is 1. The number of hydrogen-bond donors (Lipinski definition) is 8. The van der Waals surface area contributed by atoms with Crippen molar-refractivity contribution < 1.29 is 50.0 Å². The molecular formula is C24H47NO10. The fourth-order valence-corrected chi connectivity index (χ4v) is 4.61. The monoisotopic (exact) mass is 509 g/mol. The summed E-state index contributed by atoms with van der Waals surface area (Å²) in [6, 6.07) is 0. The van der Waals surface area contributed by atoms with Crippen LogP contribution in [0.4, 0.5) is 0 Å². The molecule has 0 amide bonds. The van der Waals surface area contributed by atoms with Crippen LogP contribution in [0.25, 0.3) is 0 Å². The standard InChI is InChI=1S/C24H47NO10/c1-2-3-4-5-6-7-8-9-10-11-12-25-23-20(31)19(30)22(16(14-27)33-23)35-24-21(32)18(29)17(28)15(13-26)34-24/h15-32H,2-14H2,1H3/t15-,16-,17+,18+,19-,20-,21-,22-,23?,24+/m1/s1. The molecule has 0 aromatic heterocycles. The third-order valence-electron chi connectivity index (χ3n) is 6.88. The molecular weight excluding hydrogens is 462 g/mol. The average molecular weight is 510 g/mol. The van der Waals surface area contributed by atoms with Gasteiger partial charge in [0, 0.05) is 0 Å². The van der Waals surface area contributed by atoms with E-state index >= 15 is 0 Å². The molecule has 2 saturated heterocycles. The van der Waals surface area contributed by atoms with Gasteiger partial charge in [-0.1, -0.05) is 64.7 Å². The molecule has 10 atom stereocenters. The maximum absolute atomic E-state index is 10.6. The Kier molecular flexibility index (Phi) is 14.4. The van der Waals surface area contributed by atoms with Crippen molar-refractivity contribution in [2.45, 2.75) is 132 Å². The Hall–Kier alpha value is -0.440. The van der Waals surface area contributed by atoms with E-state index in [0.717, 1.165) is 19.3 Å². The van der Waals surface area contributed by atoms with Crippen LogP contribution in [0.15, 0.2) is 0 Å². The minimum absolute atomic E-state index is 0.539. The average Bonchev–Trinajstić information content (AvgIpc) is 2.86. The summed E-state index contributed by atoms with van der Waals surface area (Å²) in [5, 5.41) is 73.4. The molecule has 0 aromatic rings. The number of ether oxygens (including phenoxy) is 3. The zero-order valence-electron chi connectivity index (χ0n) is 20.8. The molecule has 0 radical (unpaired) electrons. The lowest BCUT2D eigenvalue weighted by Gasteiger charge is -2.46. The summed E-state index contributed by atoms with van der Waals surface area (Å²) in [5.41, 5.74) is 0. The molecule has 2 rings (SSSR count). The van der Waals surface area contributed by atoms with Crippen molar-refractivity contribution >= 4 is 0 Å². The van der Waals surface area contributed by atoms with Gasteiger partial charge in [0.2, 0.25) is 0 Å². The molecule has 2 aliphatic heterocycles. The van der Waals surface area contributed by atoms with E-state index in [1.54, 1.807) is 0 Å². The molecule has 0 spiro atoms. The summed E-state index contributed by atoms with van der Waals surface area (Å²) in [5.74, 6) is 0. The van der Waals surface area contributed by atoms with Crippen LogP contribution >= 0.6 is 0 Å². The van der Waals surface area contributed by atoms with E-state index in [1.807, 2.05) is 0 Å². The lowest BCUT2D eigenvalue weighted by Crippen LogP contribution is -2.66. The second-order valence-corrected chi connectivity index (χ2v) is 9.69. The van der Waals surface area contributed by atoms with Crippen LogP contribution in [0.1, 0.15) is 71.1 Å². The van der Waals surface area contributed by atoms with Crippen molar-refractivity contribution in [3.63, 3.8) is 0 Å². The van der Waals surface area contributed by atoms with E-state index in [4.69, 9.17) is 14.2 Å². The summed E-state index contributed by atoms with van der Waals surface area (Å²) < 4.78 is 16.6. The molecule has 0 aliphatic carbocycles. The van der Waals surface area contributed by atoms with E-state index < -0.39 is 74.6 Å². The third kappa shape index (κ3) is 9.11. The number of aliphatic hydroxyl groups is 7. The Morgan fingerprint density at radius 2 is 1.20 bits per heavy atom. The van der Waals surface area contributed by atoms with E-state index in [2.05, 4.69) is 12.2 Å². The summed E-state index contributed by atoms with van der Waals surface area (Å²) in [6.45, 7) is 1.61. The molecule has 11 heteroatoms. The number of unbranched alkanes of at least 4 members (excludes halogenated alkanes) is 9. The molecule has 208 valence electrons. The second kappa shape index (κ2) is 16.4. The SMILES string of the molecule is CCCCCCCCCCCCNC1O[C@H](CO)[C@@H](O[C@@H]2O[C@H](CO)[C@H](O)[C@H](O)[C@H]2O)[C@H](O)[C@H]1O. The highest BCUT2D eigenvalue weighted by atomic mass is 16.7. The summed E-state index contributed by atoms with van der Waals surface area (Å²) in [4.78, 5) is 0. The normalized spacial score (nSPS) is 38.1. The van der Waals surface area contributed by atoms with Crippen LogP contribution in [0.5, 0.6) is 0 Å². The minimum Gasteiger partial charge on any atom is -0.394 e. The largest absolute Gasteiger partial charge is 0.394 e. The van der Waals surface area contributed by atoms with Gasteiger partial charge in [-0.25, -0.2) is 0 Å². The van der Waals surface area contributed by atoms with Gasteiger partial charge in [0.25, 0.3) is 0 Å². The van der Waals surface area contributed by atoms with Gasteiger partial charge >= 0.3 is 0 Å². The molecule has 2 heterocycles. The maximum Gasteiger partial charge on any atom is 0.187 e. The van der Waals surface area contributed by atoms with Crippen molar-refractivity contribution in [3.05, 3.63) is 0 Å². The first-order valence-corrected chi connectivity index (χ1v) is 13.2. The van der Waals surface area contributed by atoms with Gasteiger partial charge in [-0.05, 0) is 13.0 Å². The first kappa shape index (κ1) is 30.8. The first-order chi connectivity index (χ1) is 16.8. The van der Waals surface area contributed by atoms with Gasteiger partial charge in [0.1, 0.15) is 55.1 Å². The first-order valence-electron chi connectivity index (χ1n) is 13.2. The van der Waals surface area contributed by atoms with E-state index in [0.29, 0.717) is 6.54 Å². The zero-order chi connectivity index (χ0) is 25.8. The van der Waals surface area contributed by atoms with Gasteiger partial charge < -0.3 is 50.0 Å². The molecule has 11 nitrogen and oxygen atoms in total. The Morgan fingerprint density at radius 3 is 1.77 bits per heavy atom. The predicted molar refractivity (Wildman–Crippen MR) is 126 cm³/mol. The third-order valence-corrected chi connectivity index (χ3v) is 6.88. The zero-order valence-corrected chi connectivity index (χ0v) is 20.8. The highest BCUT2D eigenvalue weighted by Gasteiger charge is 2.50. The lowest BCUT2D eigenvalue weighted by molar-refractivity contribution is -0.343. The van der Waals surface area contributed by atoms with Crippen molar-refractivity contribution in [3.8, 4) is 0 Å². The fourth-order valence-electron chi connectivity index (χ4n) is 4.61. The Balaban J connectivity index is 1.74. The fraction of sp³-hybridized carbons (Fsp3) is 1.00. The van der Waals surface area contributed by atoms with Gasteiger partial charge in [-0.15, -0.1) is 0 Å². The number of rotatable bonds is 16. The molecule has 0 saturated carbocycles.